The molecule has 0 aromatic carbocycles. The number of nitrogens with zero attached hydrogens (tertiary/aromatic N) is 2. The van der Waals surface area contributed by atoms with Crippen molar-refractivity contribution in [3.05, 3.63) is 37.5 Å². The highest BCUT2D eigenvalue weighted by molar-refractivity contribution is 8.01. The number of nitrogens with two attached hydrogens (primary N) is 1. The van der Waals surface area contributed by atoms with E-state index in [0.29, 0.717) is 9.09 Å². The molecule has 0 fully saturated rings. The quantitative estimate of drug-likeness (QED) is 0.442. The minimum Gasteiger partial charge on any atom is -0.388 e. The number of aromatic nitrogens is 2. The van der Waals surface area contributed by atoms with Crippen LogP contribution in [0.25, 0.3) is 0 Å². The maximum atomic E-state index is 11.3. The fourth-order valence-corrected chi connectivity index (χ4v) is 3.58. The fourth-order valence-electron chi connectivity index (χ4n) is 1.38. The SMILES string of the molecule is C[C@@H](O)c1cc([N+](=O)[O-])c(Sc2nc(N)cc(=O)[nH]2)s1. The van der Waals surface area contributed by atoms with Crippen LogP contribution in [0.5, 0.6) is 0 Å². The van der Waals surface area contributed by atoms with Gasteiger partial charge in [-0.05, 0) is 18.7 Å². The van der Waals surface area contributed by atoms with E-state index in [1.807, 2.05) is 0 Å². The van der Waals surface area contributed by atoms with Crippen molar-refractivity contribution >= 4 is 34.6 Å². The van der Waals surface area contributed by atoms with Crippen molar-refractivity contribution in [2.75, 3.05) is 5.73 Å². The van der Waals surface area contributed by atoms with E-state index in [2.05, 4.69) is 9.97 Å². The number of H-pyrrole nitrogens is 1. The maximum absolute atomic E-state index is 11.3. The number of aliphatic hydroxyl groups excluding tert-OH is 1. The van der Waals surface area contributed by atoms with E-state index in [1.165, 1.54) is 13.0 Å². The van der Waals surface area contributed by atoms with Gasteiger partial charge in [0.15, 0.2) is 5.16 Å². The number of anilines is 1. The van der Waals surface area contributed by atoms with Crippen LogP contribution in [-0.4, -0.2) is 20.0 Å². The summed E-state index contributed by atoms with van der Waals surface area (Å²) >= 11 is 2.00. The van der Waals surface area contributed by atoms with E-state index in [0.717, 1.165) is 29.2 Å². The van der Waals surface area contributed by atoms with E-state index in [1.54, 1.807) is 0 Å². The van der Waals surface area contributed by atoms with Crippen LogP contribution in [0, 0.1) is 10.1 Å². The highest BCUT2D eigenvalue weighted by atomic mass is 32.2. The molecule has 0 spiro atoms. The highest BCUT2D eigenvalue weighted by Crippen LogP contribution is 2.41. The molecule has 2 aromatic heterocycles. The van der Waals surface area contributed by atoms with Crippen LogP contribution in [0.15, 0.2) is 26.3 Å². The largest absolute Gasteiger partial charge is 0.388 e. The average Bonchev–Trinajstić information content (AvgIpc) is 2.71. The van der Waals surface area contributed by atoms with Gasteiger partial charge in [-0.2, -0.15) is 0 Å². The van der Waals surface area contributed by atoms with Gasteiger partial charge in [0.2, 0.25) is 0 Å². The summed E-state index contributed by atoms with van der Waals surface area (Å²) in [4.78, 5) is 28.5. The zero-order valence-electron chi connectivity index (χ0n) is 10.2. The number of aliphatic hydroxyl groups is 1. The number of nitro groups is 1. The summed E-state index contributed by atoms with van der Waals surface area (Å²) < 4.78 is 0.319. The van der Waals surface area contributed by atoms with Gasteiger partial charge in [-0.15, -0.1) is 11.3 Å². The lowest BCUT2D eigenvalue weighted by Gasteiger charge is -1.99. The Balaban J connectivity index is 2.41. The normalized spacial score (nSPS) is 12.3. The standard InChI is InChI=1S/C10H10N4O4S2/c1-4(15)6-2-5(14(17)18)9(19-6)20-10-12-7(11)3-8(16)13-10/h2-4,15H,1H3,(H3,11,12,13,16)/t4-/m1/s1. The Morgan fingerprint density at radius 2 is 2.30 bits per heavy atom. The first-order chi connectivity index (χ1) is 9.36. The van der Waals surface area contributed by atoms with E-state index >= 15 is 0 Å². The Hall–Kier alpha value is -1.91. The summed E-state index contributed by atoms with van der Waals surface area (Å²) in [5.74, 6) is 0.0335. The van der Waals surface area contributed by atoms with Crippen LogP contribution in [0.2, 0.25) is 0 Å². The minimum absolute atomic E-state index is 0.0335. The number of nitrogen functional groups attached to an aromatic ring is 1. The molecule has 0 amide bonds. The molecule has 2 rings (SSSR count). The second-order valence-corrected chi connectivity index (χ2v) is 6.17. The van der Waals surface area contributed by atoms with Gasteiger partial charge in [0.1, 0.15) is 10.0 Å². The molecule has 0 radical (unpaired) electrons. The van der Waals surface area contributed by atoms with Crippen LogP contribution >= 0.6 is 23.1 Å². The number of nitrogens with one attached hydrogen (secondary N) is 1. The molecule has 0 aliphatic rings. The predicted octanol–water partition coefficient (Wildman–Crippen LogP) is 1.53. The van der Waals surface area contributed by atoms with Crippen LogP contribution in [0.3, 0.4) is 0 Å². The second kappa shape index (κ2) is 5.61. The van der Waals surface area contributed by atoms with Crippen molar-refractivity contribution in [3.63, 3.8) is 0 Å². The molecule has 0 bridgehead atoms. The van der Waals surface area contributed by atoms with Crippen LogP contribution in [0.4, 0.5) is 11.5 Å². The summed E-state index contributed by atoms with van der Waals surface area (Å²) in [5.41, 5.74) is 4.88. The van der Waals surface area contributed by atoms with Gasteiger partial charge in [-0.1, -0.05) is 0 Å². The lowest BCUT2D eigenvalue weighted by atomic mass is 10.3. The van der Waals surface area contributed by atoms with Gasteiger partial charge in [-0.3, -0.25) is 14.9 Å². The molecular formula is C10H10N4O4S2. The molecule has 106 valence electrons. The van der Waals surface area contributed by atoms with Gasteiger partial charge in [-0.25, -0.2) is 4.98 Å². The molecule has 0 saturated carbocycles. The first-order valence-corrected chi connectivity index (χ1v) is 7.01. The van der Waals surface area contributed by atoms with Crippen LogP contribution in [-0.2, 0) is 0 Å². The molecule has 0 unspecified atom stereocenters. The Labute approximate surface area is 120 Å². The summed E-state index contributed by atoms with van der Waals surface area (Å²) in [7, 11) is 0. The number of hydrogen-bond donors (Lipinski definition) is 3. The van der Waals surface area contributed by atoms with E-state index < -0.39 is 16.6 Å². The zero-order valence-corrected chi connectivity index (χ0v) is 11.8. The first-order valence-electron chi connectivity index (χ1n) is 5.37. The van der Waals surface area contributed by atoms with Crippen molar-refractivity contribution in [1.29, 1.82) is 0 Å². The van der Waals surface area contributed by atoms with Crippen molar-refractivity contribution in [1.82, 2.24) is 9.97 Å². The van der Waals surface area contributed by atoms with E-state index in [9.17, 15) is 20.0 Å². The molecule has 10 heteroatoms. The summed E-state index contributed by atoms with van der Waals surface area (Å²) in [6.45, 7) is 1.52. The monoisotopic (exact) mass is 314 g/mol. The van der Waals surface area contributed by atoms with Gasteiger partial charge in [0.25, 0.3) is 11.2 Å². The maximum Gasteiger partial charge on any atom is 0.294 e. The Kier molecular flexibility index (Phi) is 4.06. The third-order valence-corrected chi connectivity index (χ3v) is 4.61. The molecule has 2 heterocycles. The Bertz CT molecular complexity index is 710. The zero-order chi connectivity index (χ0) is 14.9. The third kappa shape index (κ3) is 3.15. The number of aromatic amines is 1. The van der Waals surface area contributed by atoms with Crippen LogP contribution < -0.4 is 11.3 Å². The van der Waals surface area contributed by atoms with Crippen LogP contribution in [0.1, 0.15) is 17.9 Å². The minimum atomic E-state index is -0.805. The summed E-state index contributed by atoms with van der Waals surface area (Å²) in [6, 6.07) is 2.43. The fraction of sp³-hybridized carbons (Fsp3) is 0.200. The van der Waals surface area contributed by atoms with Crippen molar-refractivity contribution in [2.45, 2.75) is 22.4 Å². The number of hydrogen-bond acceptors (Lipinski definition) is 8. The molecule has 0 aliphatic carbocycles. The van der Waals surface area contributed by atoms with Gasteiger partial charge >= 0.3 is 0 Å². The molecule has 1 atom stereocenters. The van der Waals surface area contributed by atoms with Gasteiger partial charge < -0.3 is 15.8 Å². The van der Waals surface area contributed by atoms with Crippen molar-refractivity contribution in [3.8, 4) is 0 Å². The summed E-state index contributed by atoms with van der Waals surface area (Å²) in [6.07, 6.45) is -0.805. The van der Waals surface area contributed by atoms with Gasteiger partial charge in [0, 0.05) is 17.0 Å². The van der Waals surface area contributed by atoms with Gasteiger partial charge in [0.05, 0.1) is 11.0 Å². The topological polar surface area (TPSA) is 135 Å². The molecule has 2 aromatic rings. The van der Waals surface area contributed by atoms with Crippen molar-refractivity contribution in [2.24, 2.45) is 0 Å². The molecule has 8 nitrogen and oxygen atoms in total. The molecule has 0 saturated heterocycles. The second-order valence-electron chi connectivity index (χ2n) is 3.83. The smallest absolute Gasteiger partial charge is 0.294 e. The highest BCUT2D eigenvalue weighted by Gasteiger charge is 2.22. The Morgan fingerprint density at radius 1 is 1.60 bits per heavy atom. The third-order valence-electron chi connectivity index (χ3n) is 2.24. The average molecular weight is 314 g/mol. The number of thiophene rings is 1. The first kappa shape index (κ1) is 14.5. The molecule has 20 heavy (non-hydrogen) atoms. The number of rotatable bonds is 4. The molecule has 0 aliphatic heterocycles. The molecule has 4 N–H and O–H groups in total. The summed E-state index contributed by atoms with van der Waals surface area (Å²) in [5, 5.41) is 20.6. The lowest BCUT2D eigenvalue weighted by molar-refractivity contribution is -0.387. The van der Waals surface area contributed by atoms with E-state index in [-0.39, 0.29) is 16.7 Å². The van der Waals surface area contributed by atoms with E-state index in [4.69, 9.17) is 5.73 Å². The lowest BCUT2D eigenvalue weighted by Crippen LogP contribution is -2.09. The molecular weight excluding hydrogens is 304 g/mol. The Morgan fingerprint density at radius 3 is 2.85 bits per heavy atom. The van der Waals surface area contributed by atoms with Crippen molar-refractivity contribution < 1.29 is 10.0 Å². The predicted molar refractivity (Wildman–Crippen MR) is 75.0 cm³/mol.